The number of hydrogen-bond donors (Lipinski definition) is 2. The Morgan fingerprint density at radius 2 is 2.09 bits per heavy atom. The molecular weight excluding hydrogens is 290 g/mol. The first kappa shape index (κ1) is 13.7. The van der Waals surface area contributed by atoms with Crippen LogP contribution >= 0.6 is 0 Å². The van der Waals surface area contributed by atoms with Crippen LogP contribution < -0.4 is 11.1 Å². The molecule has 0 bridgehead atoms. The van der Waals surface area contributed by atoms with Gasteiger partial charge < -0.3 is 20.9 Å². The van der Waals surface area contributed by atoms with Gasteiger partial charge in [-0.1, -0.05) is 0 Å². The van der Waals surface area contributed by atoms with Crippen LogP contribution in [0.5, 0.6) is 0 Å². The molecule has 0 spiro atoms. The highest BCUT2D eigenvalue weighted by atomic mass is 19.3. The summed E-state index contributed by atoms with van der Waals surface area (Å²) in [6.07, 6.45) is 5.22. The molecule has 4 rings (SSSR count). The van der Waals surface area contributed by atoms with Gasteiger partial charge in [0.2, 0.25) is 5.96 Å². The second-order valence-electron chi connectivity index (χ2n) is 6.15. The van der Waals surface area contributed by atoms with E-state index in [-0.39, 0.29) is 6.17 Å². The lowest BCUT2D eigenvalue weighted by Gasteiger charge is -2.32. The molecule has 0 aromatic heterocycles. The molecule has 3 aliphatic heterocycles. The quantitative estimate of drug-likeness (QED) is 0.669. The van der Waals surface area contributed by atoms with E-state index < -0.39 is 17.8 Å². The number of nitrogens with one attached hydrogen (secondary N) is 1. The Morgan fingerprint density at radius 3 is 2.73 bits per heavy atom. The van der Waals surface area contributed by atoms with E-state index in [0.29, 0.717) is 25.6 Å². The van der Waals surface area contributed by atoms with Crippen molar-refractivity contribution in [2.24, 2.45) is 27.6 Å². The van der Waals surface area contributed by atoms with Crippen molar-refractivity contribution in [3.8, 4) is 0 Å². The average molecular weight is 308 g/mol. The molecule has 3 heterocycles. The fourth-order valence-electron chi connectivity index (χ4n) is 3.29. The van der Waals surface area contributed by atoms with Crippen molar-refractivity contribution in [3.63, 3.8) is 0 Å². The predicted octanol–water partition coefficient (Wildman–Crippen LogP) is 0.169. The summed E-state index contributed by atoms with van der Waals surface area (Å²) in [6, 6.07) is 0. The Labute approximate surface area is 127 Å². The first-order valence-corrected chi connectivity index (χ1v) is 7.34. The van der Waals surface area contributed by atoms with Crippen molar-refractivity contribution in [1.29, 1.82) is 0 Å². The van der Waals surface area contributed by atoms with Gasteiger partial charge in [0, 0.05) is 38.1 Å². The number of piperidine rings is 1. The third kappa shape index (κ3) is 1.93. The van der Waals surface area contributed by atoms with Crippen molar-refractivity contribution in [2.45, 2.75) is 12.1 Å². The van der Waals surface area contributed by atoms with E-state index >= 15 is 0 Å². The van der Waals surface area contributed by atoms with Gasteiger partial charge in [-0.25, -0.2) is 18.8 Å². The van der Waals surface area contributed by atoms with Crippen molar-refractivity contribution in [1.82, 2.24) is 15.1 Å². The maximum absolute atomic E-state index is 13.2. The number of rotatable bonds is 0. The number of hydrogen-bond acceptors (Lipinski definition) is 6. The Kier molecular flexibility index (Phi) is 2.81. The van der Waals surface area contributed by atoms with Crippen LogP contribution in [0.4, 0.5) is 8.78 Å². The average Bonchev–Trinajstić information content (AvgIpc) is 2.89. The van der Waals surface area contributed by atoms with Gasteiger partial charge in [0.15, 0.2) is 0 Å². The van der Waals surface area contributed by atoms with E-state index in [9.17, 15) is 8.78 Å². The van der Waals surface area contributed by atoms with Gasteiger partial charge in [0.25, 0.3) is 5.92 Å². The van der Waals surface area contributed by atoms with Crippen LogP contribution in [0.1, 0.15) is 0 Å². The molecule has 1 aliphatic carbocycles. The van der Waals surface area contributed by atoms with Crippen molar-refractivity contribution < 1.29 is 8.78 Å². The number of halogens is 2. The molecule has 0 radical (unpaired) electrons. The molecule has 3 N–H and O–H groups in total. The molecule has 2 fully saturated rings. The summed E-state index contributed by atoms with van der Waals surface area (Å²) in [6.45, 7) is 1.17. The normalized spacial score (nSPS) is 38.7. The standard InChI is InChI=1S/C14H18F2N6/c1-21-11(17)2-3-18-12(21)8-4-19-13(20-5-8)22-6-9-10(7-22)14(9,15)16/h2-4,9-11,18H,5-7,17H2,1H3. The van der Waals surface area contributed by atoms with E-state index in [1.807, 2.05) is 22.9 Å². The molecule has 3 atom stereocenters. The highest BCUT2D eigenvalue weighted by Crippen LogP contribution is 2.59. The number of alkyl halides is 2. The SMILES string of the molecule is CN1C(=C2C=NC(N3CC4C(C3)C4(F)F)=NC2)NC=CC1N. The van der Waals surface area contributed by atoms with Crippen molar-refractivity contribution >= 4 is 12.2 Å². The maximum atomic E-state index is 13.2. The third-order valence-corrected chi connectivity index (χ3v) is 4.83. The number of aliphatic imine (C=N–C) groups is 2. The largest absolute Gasteiger partial charge is 0.348 e. The fraction of sp³-hybridized carbons (Fsp3) is 0.571. The molecule has 0 aromatic rings. The minimum atomic E-state index is -2.47. The summed E-state index contributed by atoms with van der Waals surface area (Å²) >= 11 is 0. The lowest BCUT2D eigenvalue weighted by atomic mass is 10.2. The maximum Gasteiger partial charge on any atom is 0.258 e. The minimum absolute atomic E-state index is 0.185. The monoisotopic (exact) mass is 308 g/mol. The van der Waals surface area contributed by atoms with Crippen LogP contribution in [0.25, 0.3) is 0 Å². The molecule has 0 aromatic carbocycles. The first-order valence-electron chi connectivity index (χ1n) is 7.34. The molecule has 0 amide bonds. The molecule has 6 nitrogen and oxygen atoms in total. The van der Waals surface area contributed by atoms with Gasteiger partial charge >= 0.3 is 0 Å². The second-order valence-corrected chi connectivity index (χ2v) is 6.15. The smallest absolute Gasteiger partial charge is 0.258 e. The minimum Gasteiger partial charge on any atom is -0.348 e. The second kappa shape index (κ2) is 4.52. The van der Waals surface area contributed by atoms with Gasteiger partial charge in [-0.3, -0.25) is 0 Å². The Hall–Kier alpha value is -1.96. The predicted molar refractivity (Wildman–Crippen MR) is 79.3 cm³/mol. The summed E-state index contributed by atoms with van der Waals surface area (Å²) < 4.78 is 26.4. The zero-order valence-corrected chi connectivity index (χ0v) is 12.2. The lowest BCUT2D eigenvalue weighted by Crippen LogP contribution is -2.44. The zero-order chi connectivity index (χ0) is 15.5. The van der Waals surface area contributed by atoms with E-state index in [2.05, 4.69) is 15.3 Å². The molecule has 8 heteroatoms. The summed E-state index contributed by atoms with van der Waals surface area (Å²) in [4.78, 5) is 12.6. The van der Waals surface area contributed by atoms with E-state index in [0.717, 1.165) is 11.4 Å². The molecule has 1 saturated heterocycles. The first-order chi connectivity index (χ1) is 10.5. The molecule has 118 valence electrons. The topological polar surface area (TPSA) is 69.2 Å². The number of nitrogens with zero attached hydrogens (tertiary/aromatic N) is 4. The molecule has 4 aliphatic rings. The number of guanidine groups is 1. The fourth-order valence-corrected chi connectivity index (χ4v) is 3.29. The van der Waals surface area contributed by atoms with Crippen LogP contribution in [0.15, 0.2) is 33.7 Å². The molecule has 1 saturated carbocycles. The number of fused-ring (bicyclic) bond motifs is 1. The van der Waals surface area contributed by atoms with Crippen molar-refractivity contribution in [3.05, 3.63) is 23.7 Å². The molecule has 22 heavy (non-hydrogen) atoms. The summed E-state index contributed by atoms with van der Waals surface area (Å²) in [5.74, 6) is -2.07. The van der Waals surface area contributed by atoms with Crippen LogP contribution in [-0.4, -0.2) is 60.7 Å². The third-order valence-electron chi connectivity index (χ3n) is 4.83. The Balaban J connectivity index is 1.46. The van der Waals surface area contributed by atoms with Gasteiger partial charge in [-0.05, 0) is 6.08 Å². The highest BCUT2D eigenvalue weighted by Gasteiger charge is 2.72. The number of likely N-dealkylation sites (tertiary alicyclic amines) is 1. The van der Waals surface area contributed by atoms with E-state index in [1.54, 1.807) is 12.4 Å². The van der Waals surface area contributed by atoms with E-state index in [1.165, 1.54) is 0 Å². The molecular formula is C14H18F2N6. The summed E-state index contributed by atoms with van der Waals surface area (Å²) in [7, 11) is 1.90. The zero-order valence-electron chi connectivity index (χ0n) is 12.2. The summed E-state index contributed by atoms with van der Waals surface area (Å²) in [5, 5.41) is 3.15. The lowest BCUT2D eigenvalue weighted by molar-refractivity contribution is 0.0643. The Morgan fingerprint density at radius 1 is 1.36 bits per heavy atom. The van der Waals surface area contributed by atoms with Crippen LogP contribution in [0.3, 0.4) is 0 Å². The van der Waals surface area contributed by atoms with Gasteiger partial charge in [0.05, 0.1) is 24.5 Å². The molecule has 3 unspecified atom stereocenters. The highest BCUT2D eigenvalue weighted by molar-refractivity contribution is 5.96. The van der Waals surface area contributed by atoms with Gasteiger partial charge in [-0.2, -0.15) is 0 Å². The van der Waals surface area contributed by atoms with Gasteiger partial charge in [0.1, 0.15) is 5.82 Å². The van der Waals surface area contributed by atoms with Crippen LogP contribution in [0.2, 0.25) is 0 Å². The van der Waals surface area contributed by atoms with Crippen LogP contribution in [-0.2, 0) is 0 Å². The number of likely N-dealkylation sites (N-methyl/N-ethyl adjacent to an activating group) is 1. The van der Waals surface area contributed by atoms with E-state index in [4.69, 9.17) is 5.73 Å². The Bertz CT molecular complexity index is 609. The van der Waals surface area contributed by atoms with Crippen LogP contribution in [0, 0.1) is 11.8 Å². The van der Waals surface area contributed by atoms with Crippen molar-refractivity contribution in [2.75, 3.05) is 26.7 Å². The number of nitrogens with two attached hydrogens (primary N) is 1. The summed E-state index contributed by atoms with van der Waals surface area (Å²) in [5.41, 5.74) is 6.88. The van der Waals surface area contributed by atoms with Gasteiger partial charge in [-0.15, -0.1) is 0 Å².